The Kier molecular flexibility index (Phi) is 5.89. The first kappa shape index (κ1) is 19.3. The Morgan fingerprint density at radius 2 is 1.86 bits per heavy atom. The number of thioether (sulfide) groups is 1. The number of Topliss-reactive ketones (excluding diaryl/α,β-unsaturated/α-hetero) is 1. The minimum Gasteiger partial charge on any atom is -0.300 e. The van der Waals surface area contributed by atoms with Crippen molar-refractivity contribution in [2.45, 2.75) is 16.7 Å². The van der Waals surface area contributed by atoms with E-state index in [1.807, 2.05) is 30.3 Å². The summed E-state index contributed by atoms with van der Waals surface area (Å²) in [4.78, 5) is 24.6. The number of carbonyl (C=O) groups is 2. The molecular formula is C20H16BrN3O2S2. The van der Waals surface area contributed by atoms with Gasteiger partial charge in [-0.25, -0.2) is 0 Å². The summed E-state index contributed by atoms with van der Waals surface area (Å²) >= 11 is 5.98. The van der Waals surface area contributed by atoms with Crippen LogP contribution in [0.25, 0.3) is 0 Å². The summed E-state index contributed by atoms with van der Waals surface area (Å²) < 4.78 is 1.60. The van der Waals surface area contributed by atoms with E-state index in [0.717, 1.165) is 10.9 Å². The lowest BCUT2D eigenvalue weighted by Crippen LogP contribution is -2.14. The minimum atomic E-state index is -0.0208. The van der Waals surface area contributed by atoms with Crippen molar-refractivity contribution in [2.24, 2.45) is 5.92 Å². The first-order valence-electron chi connectivity index (χ1n) is 8.71. The van der Waals surface area contributed by atoms with Crippen LogP contribution < -0.4 is 5.32 Å². The van der Waals surface area contributed by atoms with E-state index in [0.29, 0.717) is 15.0 Å². The molecule has 142 valence electrons. The summed E-state index contributed by atoms with van der Waals surface area (Å²) in [6.45, 7) is 0. The van der Waals surface area contributed by atoms with E-state index >= 15 is 0 Å². The lowest BCUT2D eigenvalue weighted by atomic mass is 10.1. The predicted molar refractivity (Wildman–Crippen MR) is 115 cm³/mol. The zero-order valence-electron chi connectivity index (χ0n) is 14.7. The average Bonchev–Trinajstić information content (AvgIpc) is 3.41. The van der Waals surface area contributed by atoms with Gasteiger partial charge in [0, 0.05) is 16.0 Å². The second-order valence-corrected chi connectivity index (χ2v) is 9.56. The van der Waals surface area contributed by atoms with Crippen molar-refractivity contribution in [1.29, 1.82) is 0 Å². The highest BCUT2D eigenvalue weighted by atomic mass is 79.9. The quantitative estimate of drug-likeness (QED) is 0.296. The number of nitrogens with zero attached hydrogens (tertiary/aromatic N) is 2. The second-order valence-electron chi connectivity index (χ2n) is 6.44. The molecular weight excluding hydrogens is 458 g/mol. The van der Waals surface area contributed by atoms with Crippen molar-refractivity contribution in [3.05, 3.63) is 70.2 Å². The maximum absolute atomic E-state index is 12.4. The third kappa shape index (κ3) is 4.68. The van der Waals surface area contributed by atoms with Gasteiger partial charge in [0.1, 0.15) is 0 Å². The van der Waals surface area contributed by atoms with Gasteiger partial charge < -0.3 is 5.32 Å². The Hall–Kier alpha value is -2.03. The van der Waals surface area contributed by atoms with Gasteiger partial charge in [-0.3, -0.25) is 9.59 Å². The van der Waals surface area contributed by atoms with E-state index in [2.05, 4.69) is 43.6 Å². The summed E-state index contributed by atoms with van der Waals surface area (Å²) in [5, 5.41) is 11.4. The lowest BCUT2D eigenvalue weighted by Gasteiger charge is -2.01. The van der Waals surface area contributed by atoms with Crippen molar-refractivity contribution < 1.29 is 9.59 Å². The number of nitrogens with one attached hydrogen (secondary N) is 1. The van der Waals surface area contributed by atoms with E-state index < -0.39 is 0 Å². The van der Waals surface area contributed by atoms with E-state index in [-0.39, 0.29) is 29.3 Å². The minimum absolute atomic E-state index is 0.0126. The van der Waals surface area contributed by atoms with Gasteiger partial charge in [0.2, 0.25) is 11.0 Å². The molecule has 0 spiro atoms. The molecule has 3 aromatic rings. The molecule has 8 heteroatoms. The van der Waals surface area contributed by atoms with E-state index in [4.69, 9.17) is 0 Å². The Balaban J connectivity index is 1.28. The van der Waals surface area contributed by atoms with Gasteiger partial charge in [0.15, 0.2) is 10.1 Å². The number of rotatable bonds is 7. The molecule has 0 bridgehead atoms. The van der Waals surface area contributed by atoms with Crippen LogP contribution in [0.3, 0.4) is 0 Å². The zero-order valence-corrected chi connectivity index (χ0v) is 17.9. The summed E-state index contributed by atoms with van der Waals surface area (Å²) in [7, 11) is 0. The molecule has 0 radical (unpaired) electrons. The SMILES string of the molecule is O=C(CSc1nnc(NC(=O)C2C[C@H]2c2ccccc2)s1)c1ccc(Br)cc1. The molecule has 4 rings (SSSR count). The number of aromatic nitrogens is 2. The van der Waals surface area contributed by atoms with Gasteiger partial charge in [-0.2, -0.15) is 0 Å². The number of ketones is 1. The largest absolute Gasteiger partial charge is 0.300 e. The van der Waals surface area contributed by atoms with Gasteiger partial charge >= 0.3 is 0 Å². The Labute approximate surface area is 179 Å². The monoisotopic (exact) mass is 473 g/mol. The maximum Gasteiger partial charge on any atom is 0.229 e. The molecule has 1 heterocycles. The number of benzene rings is 2. The molecule has 1 unspecified atom stereocenters. The molecule has 0 saturated heterocycles. The van der Waals surface area contributed by atoms with Crippen molar-refractivity contribution in [1.82, 2.24) is 10.2 Å². The van der Waals surface area contributed by atoms with Crippen LogP contribution in [-0.2, 0) is 4.79 Å². The fraction of sp³-hybridized carbons (Fsp3) is 0.200. The van der Waals surface area contributed by atoms with Crippen molar-refractivity contribution >= 4 is 55.9 Å². The topological polar surface area (TPSA) is 72.0 Å². The fourth-order valence-electron chi connectivity index (χ4n) is 2.92. The molecule has 1 aromatic heterocycles. The molecule has 1 fully saturated rings. The Bertz CT molecular complexity index is 992. The third-order valence-electron chi connectivity index (χ3n) is 4.48. The van der Waals surface area contributed by atoms with Gasteiger partial charge in [-0.15, -0.1) is 10.2 Å². The molecule has 1 amide bonds. The number of hydrogen-bond acceptors (Lipinski definition) is 6. The van der Waals surface area contributed by atoms with E-state index in [9.17, 15) is 9.59 Å². The number of anilines is 1. The smallest absolute Gasteiger partial charge is 0.229 e. The van der Waals surface area contributed by atoms with Gasteiger partial charge in [-0.05, 0) is 30.0 Å². The van der Waals surface area contributed by atoms with Crippen LogP contribution in [-0.4, -0.2) is 27.6 Å². The van der Waals surface area contributed by atoms with Crippen LogP contribution in [0.4, 0.5) is 5.13 Å². The molecule has 1 aliphatic carbocycles. The number of carbonyl (C=O) groups excluding carboxylic acids is 2. The highest BCUT2D eigenvalue weighted by Crippen LogP contribution is 2.48. The highest BCUT2D eigenvalue weighted by molar-refractivity contribution is 9.10. The molecule has 28 heavy (non-hydrogen) atoms. The highest BCUT2D eigenvalue weighted by Gasteiger charge is 2.44. The van der Waals surface area contributed by atoms with Crippen LogP contribution in [0.2, 0.25) is 0 Å². The first-order valence-corrected chi connectivity index (χ1v) is 11.3. The van der Waals surface area contributed by atoms with Crippen LogP contribution in [0, 0.1) is 5.92 Å². The second kappa shape index (κ2) is 8.55. The maximum atomic E-state index is 12.4. The van der Waals surface area contributed by atoms with Crippen LogP contribution in [0.1, 0.15) is 28.3 Å². The summed E-state index contributed by atoms with van der Waals surface area (Å²) in [5.41, 5.74) is 1.86. The van der Waals surface area contributed by atoms with Crippen molar-refractivity contribution in [3.8, 4) is 0 Å². The van der Waals surface area contributed by atoms with Gasteiger partial charge in [0.25, 0.3) is 0 Å². The molecule has 0 aliphatic heterocycles. The first-order chi connectivity index (χ1) is 13.6. The Morgan fingerprint density at radius 3 is 2.61 bits per heavy atom. The molecule has 1 aliphatic rings. The predicted octanol–water partition coefficient (Wildman–Crippen LogP) is 5.02. The summed E-state index contributed by atoms with van der Waals surface area (Å²) in [6.07, 6.45) is 0.859. The van der Waals surface area contributed by atoms with Crippen molar-refractivity contribution in [2.75, 3.05) is 11.1 Å². The standard InChI is InChI=1S/C20H16BrN3O2S2/c21-14-8-6-13(7-9-14)17(25)11-27-20-24-23-19(28-20)22-18(26)16-10-15(16)12-4-2-1-3-5-12/h1-9,15-16H,10-11H2,(H,22,23,26)/t15-,16?/m0/s1. The number of hydrogen-bond donors (Lipinski definition) is 1. The molecule has 1 N–H and O–H groups in total. The zero-order chi connectivity index (χ0) is 19.5. The fourth-order valence-corrected chi connectivity index (χ4v) is 4.83. The van der Waals surface area contributed by atoms with Crippen LogP contribution in [0.15, 0.2) is 63.4 Å². The molecule has 2 aromatic carbocycles. The summed E-state index contributed by atoms with van der Waals surface area (Å²) in [6, 6.07) is 17.3. The van der Waals surface area contributed by atoms with Crippen LogP contribution >= 0.6 is 39.0 Å². The van der Waals surface area contributed by atoms with Gasteiger partial charge in [-0.1, -0.05) is 81.5 Å². The third-order valence-corrected chi connectivity index (χ3v) is 6.99. The molecule has 1 saturated carbocycles. The van der Waals surface area contributed by atoms with Crippen molar-refractivity contribution in [3.63, 3.8) is 0 Å². The Morgan fingerprint density at radius 1 is 1.11 bits per heavy atom. The van der Waals surface area contributed by atoms with E-state index in [1.165, 1.54) is 28.7 Å². The lowest BCUT2D eigenvalue weighted by molar-refractivity contribution is -0.117. The van der Waals surface area contributed by atoms with E-state index in [1.54, 1.807) is 12.1 Å². The molecule has 5 nitrogen and oxygen atoms in total. The average molecular weight is 474 g/mol. The number of halogens is 1. The van der Waals surface area contributed by atoms with Gasteiger partial charge in [0.05, 0.1) is 5.75 Å². The van der Waals surface area contributed by atoms with Crippen LogP contribution in [0.5, 0.6) is 0 Å². The molecule has 2 atom stereocenters. The summed E-state index contributed by atoms with van der Waals surface area (Å²) in [5.74, 6) is 0.561. The normalized spacial score (nSPS) is 17.9. The number of amides is 1.